The lowest BCUT2D eigenvalue weighted by Gasteiger charge is -2.31. The monoisotopic (exact) mass is 501 g/mol. The van der Waals surface area contributed by atoms with E-state index in [9.17, 15) is 19.5 Å². The van der Waals surface area contributed by atoms with E-state index in [2.05, 4.69) is 16.0 Å². The van der Waals surface area contributed by atoms with Gasteiger partial charge in [0.25, 0.3) is 0 Å². The molecule has 36 heavy (non-hydrogen) atoms. The van der Waals surface area contributed by atoms with Gasteiger partial charge in [-0.25, -0.2) is 4.79 Å². The zero-order valence-corrected chi connectivity index (χ0v) is 21.7. The highest BCUT2D eigenvalue weighted by atomic mass is 16.6. The van der Waals surface area contributed by atoms with E-state index in [1.807, 2.05) is 44.2 Å². The highest BCUT2D eigenvalue weighted by molar-refractivity contribution is 5.86. The van der Waals surface area contributed by atoms with E-state index in [-0.39, 0.29) is 36.4 Å². The third-order valence-electron chi connectivity index (χ3n) is 7.33. The summed E-state index contributed by atoms with van der Waals surface area (Å²) in [6.07, 6.45) is 6.88. The molecular formula is C28H43N3O5. The maximum Gasteiger partial charge on any atom is 0.408 e. The Morgan fingerprint density at radius 2 is 1.81 bits per heavy atom. The molecule has 200 valence electrons. The molecule has 4 atom stereocenters. The molecule has 8 nitrogen and oxygen atoms in total. The fourth-order valence-electron chi connectivity index (χ4n) is 5.37. The van der Waals surface area contributed by atoms with Crippen LogP contribution in [0.2, 0.25) is 0 Å². The summed E-state index contributed by atoms with van der Waals surface area (Å²) in [5, 5.41) is 18.2. The lowest BCUT2D eigenvalue weighted by Crippen LogP contribution is -2.52. The van der Waals surface area contributed by atoms with Crippen LogP contribution in [-0.2, 0) is 20.7 Å². The van der Waals surface area contributed by atoms with Crippen LogP contribution in [0.4, 0.5) is 4.79 Å². The van der Waals surface area contributed by atoms with E-state index >= 15 is 0 Å². The fourth-order valence-corrected chi connectivity index (χ4v) is 5.37. The molecule has 0 spiro atoms. The number of nitrogens with one attached hydrogen (secondary N) is 3. The molecule has 2 aliphatic rings. The molecule has 1 saturated carbocycles. The highest BCUT2D eigenvalue weighted by Gasteiger charge is 2.32. The Bertz CT molecular complexity index is 841. The molecular weight excluding hydrogens is 458 g/mol. The van der Waals surface area contributed by atoms with Crippen LogP contribution in [0.15, 0.2) is 30.3 Å². The molecule has 1 aromatic carbocycles. The quantitative estimate of drug-likeness (QED) is 0.351. The molecule has 1 aliphatic carbocycles. The molecule has 8 heteroatoms. The van der Waals surface area contributed by atoms with Crippen molar-refractivity contribution in [3.63, 3.8) is 0 Å². The number of aliphatic hydroxyl groups excluding tert-OH is 1. The summed E-state index contributed by atoms with van der Waals surface area (Å²) in [5.74, 6) is -0.171. The second kappa shape index (κ2) is 14.2. The van der Waals surface area contributed by atoms with Crippen LogP contribution in [0.1, 0.15) is 70.8 Å². The first-order valence-corrected chi connectivity index (χ1v) is 13.6. The number of benzene rings is 1. The van der Waals surface area contributed by atoms with Gasteiger partial charge in [0.15, 0.2) is 0 Å². The third kappa shape index (κ3) is 8.80. The van der Waals surface area contributed by atoms with Crippen molar-refractivity contribution in [2.24, 2.45) is 17.8 Å². The number of carbonyl (C=O) groups is 3. The van der Waals surface area contributed by atoms with Crippen LogP contribution in [0, 0.1) is 17.8 Å². The predicted octanol–water partition coefficient (Wildman–Crippen LogP) is 3.32. The Balaban J connectivity index is 1.62. The van der Waals surface area contributed by atoms with Crippen LogP contribution in [0.3, 0.4) is 0 Å². The number of hydrogen-bond acceptors (Lipinski definition) is 5. The van der Waals surface area contributed by atoms with Crippen LogP contribution in [-0.4, -0.2) is 54.4 Å². The molecule has 1 heterocycles. The van der Waals surface area contributed by atoms with Crippen molar-refractivity contribution in [3.05, 3.63) is 35.9 Å². The summed E-state index contributed by atoms with van der Waals surface area (Å²) in [4.78, 5) is 38.1. The topological polar surface area (TPSA) is 117 Å². The van der Waals surface area contributed by atoms with Crippen molar-refractivity contribution in [1.82, 2.24) is 16.0 Å². The van der Waals surface area contributed by atoms with Crippen LogP contribution >= 0.6 is 0 Å². The Morgan fingerprint density at radius 1 is 1.08 bits per heavy atom. The van der Waals surface area contributed by atoms with E-state index in [0.717, 1.165) is 31.2 Å². The molecule has 0 bridgehead atoms. The van der Waals surface area contributed by atoms with Crippen LogP contribution < -0.4 is 16.0 Å². The summed E-state index contributed by atoms with van der Waals surface area (Å²) in [5.41, 5.74) is 1.12. The second-order valence-electron chi connectivity index (χ2n) is 10.8. The number of ether oxygens (including phenoxy) is 1. The maximum atomic E-state index is 13.1. The van der Waals surface area contributed by atoms with Gasteiger partial charge in [-0.05, 0) is 49.5 Å². The van der Waals surface area contributed by atoms with Crippen LogP contribution in [0.25, 0.3) is 0 Å². The normalized spacial score (nSPS) is 20.9. The van der Waals surface area contributed by atoms with Gasteiger partial charge in [-0.3, -0.25) is 9.59 Å². The molecule has 4 N–H and O–H groups in total. The zero-order chi connectivity index (χ0) is 25.9. The third-order valence-corrected chi connectivity index (χ3v) is 7.33. The van der Waals surface area contributed by atoms with Crippen molar-refractivity contribution in [1.29, 1.82) is 0 Å². The Hall–Kier alpha value is -2.61. The van der Waals surface area contributed by atoms with Gasteiger partial charge in [-0.1, -0.05) is 63.4 Å². The molecule has 1 aromatic rings. The lowest BCUT2D eigenvalue weighted by molar-refractivity contribution is -0.126. The van der Waals surface area contributed by atoms with Gasteiger partial charge in [0.05, 0.1) is 12.6 Å². The summed E-state index contributed by atoms with van der Waals surface area (Å²) in [6.45, 7) is 4.32. The largest absolute Gasteiger partial charge is 0.446 e. The van der Waals surface area contributed by atoms with E-state index in [0.29, 0.717) is 38.1 Å². The summed E-state index contributed by atoms with van der Waals surface area (Å²) in [7, 11) is 0. The number of amides is 3. The van der Waals surface area contributed by atoms with Gasteiger partial charge in [-0.2, -0.15) is 0 Å². The molecule has 1 aliphatic heterocycles. The standard InChI is InChI=1S/C28H43N3O5/c1-19(2)15-24(27(34)30-23(18-32)17-22-13-14-29-26(22)33)31-28(35)36-25(21-11-7-4-8-12-21)16-20-9-5-3-6-10-20/h3,5-6,9-10,19,21-25,32H,4,7-8,11-18H2,1-2H3,(H,29,33)(H,30,34)(H,31,35). The number of rotatable bonds is 12. The summed E-state index contributed by atoms with van der Waals surface area (Å²) >= 11 is 0. The first-order chi connectivity index (χ1) is 17.4. The molecule has 3 amide bonds. The highest BCUT2D eigenvalue weighted by Crippen LogP contribution is 2.30. The average Bonchev–Trinajstić information content (AvgIpc) is 3.27. The smallest absolute Gasteiger partial charge is 0.408 e. The Morgan fingerprint density at radius 3 is 2.42 bits per heavy atom. The van der Waals surface area contributed by atoms with Gasteiger partial charge in [-0.15, -0.1) is 0 Å². The van der Waals surface area contributed by atoms with Crippen molar-refractivity contribution < 1.29 is 24.2 Å². The van der Waals surface area contributed by atoms with Crippen LogP contribution in [0.5, 0.6) is 0 Å². The SMILES string of the molecule is CC(C)CC(NC(=O)OC(Cc1ccccc1)C1CCCCC1)C(=O)NC(CO)CC1CCNC1=O. The molecule has 2 fully saturated rings. The molecule has 1 saturated heterocycles. The summed E-state index contributed by atoms with van der Waals surface area (Å²) < 4.78 is 5.98. The zero-order valence-electron chi connectivity index (χ0n) is 21.7. The number of aliphatic hydroxyl groups is 1. The molecule has 3 rings (SSSR count). The van der Waals surface area contributed by atoms with Gasteiger partial charge in [0, 0.05) is 18.9 Å². The average molecular weight is 502 g/mol. The van der Waals surface area contributed by atoms with Gasteiger partial charge in [0.2, 0.25) is 11.8 Å². The van der Waals surface area contributed by atoms with Crippen molar-refractivity contribution in [2.75, 3.05) is 13.2 Å². The summed E-state index contributed by atoms with van der Waals surface area (Å²) in [6, 6.07) is 8.71. The van der Waals surface area contributed by atoms with Gasteiger partial charge < -0.3 is 25.8 Å². The minimum atomic E-state index is -0.785. The van der Waals surface area contributed by atoms with E-state index < -0.39 is 18.2 Å². The number of alkyl carbamates (subject to hydrolysis) is 1. The Labute approximate surface area is 214 Å². The maximum absolute atomic E-state index is 13.1. The van der Waals surface area contributed by atoms with Crippen molar-refractivity contribution in [3.8, 4) is 0 Å². The van der Waals surface area contributed by atoms with Crippen molar-refractivity contribution >= 4 is 17.9 Å². The first-order valence-electron chi connectivity index (χ1n) is 13.6. The second-order valence-corrected chi connectivity index (χ2v) is 10.8. The fraction of sp³-hybridized carbons (Fsp3) is 0.679. The van der Waals surface area contributed by atoms with Gasteiger partial charge >= 0.3 is 6.09 Å². The minimum absolute atomic E-state index is 0.0460. The minimum Gasteiger partial charge on any atom is -0.446 e. The van der Waals surface area contributed by atoms with E-state index in [1.165, 1.54) is 6.42 Å². The van der Waals surface area contributed by atoms with Crippen molar-refractivity contribution in [2.45, 2.75) is 89.8 Å². The molecule has 0 aromatic heterocycles. The van der Waals surface area contributed by atoms with E-state index in [4.69, 9.17) is 4.74 Å². The number of hydrogen-bond donors (Lipinski definition) is 4. The van der Waals surface area contributed by atoms with E-state index in [1.54, 1.807) is 0 Å². The Kier molecular flexibility index (Phi) is 11.0. The first kappa shape index (κ1) is 28.0. The van der Waals surface area contributed by atoms with Gasteiger partial charge in [0.1, 0.15) is 12.1 Å². The number of carbonyl (C=O) groups excluding carboxylic acids is 3. The predicted molar refractivity (Wildman–Crippen MR) is 138 cm³/mol. The molecule has 0 radical (unpaired) electrons. The molecule has 4 unspecified atom stereocenters. The lowest BCUT2D eigenvalue weighted by atomic mass is 9.83.